The van der Waals surface area contributed by atoms with Crippen molar-refractivity contribution in [1.82, 2.24) is 9.80 Å². The highest BCUT2D eigenvalue weighted by Crippen LogP contribution is 2.46. The molecule has 1 aliphatic heterocycles. The van der Waals surface area contributed by atoms with Crippen molar-refractivity contribution in [3.05, 3.63) is 94.6 Å². The summed E-state index contributed by atoms with van der Waals surface area (Å²) in [6.45, 7) is 16.9. The van der Waals surface area contributed by atoms with E-state index in [0.29, 0.717) is 25.4 Å². The molecule has 2 aromatic carbocycles. The van der Waals surface area contributed by atoms with E-state index in [-0.39, 0.29) is 52.2 Å². The van der Waals surface area contributed by atoms with Crippen molar-refractivity contribution in [2.75, 3.05) is 20.1 Å². The Hall–Kier alpha value is -3.28. The molecule has 0 spiro atoms. The van der Waals surface area contributed by atoms with Crippen molar-refractivity contribution in [3.8, 4) is 0 Å². The highest BCUT2D eigenvalue weighted by atomic mass is 19.1. The Labute approximate surface area is 269 Å². The second kappa shape index (κ2) is 14.0. The number of amides is 2. The van der Waals surface area contributed by atoms with E-state index in [1.54, 1.807) is 24.3 Å². The molecule has 2 aromatic rings. The molecule has 1 aliphatic carbocycles. The molecule has 4 nitrogen and oxygen atoms in total. The number of carbonyl (C=O) groups excluding carboxylic acids is 2. The average molecular weight is 619 g/mol. The van der Waals surface area contributed by atoms with Crippen molar-refractivity contribution < 1.29 is 18.4 Å². The van der Waals surface area contributed by atoms with Gasteiger partial charge in [-0.1, -0.05) is 90.8 Å². The van der Waals surface area contributed by atoms with E-state index in [9.17, 15) is 18.4 Å². The highest BCUT2D eigenvalue weighted by Gasteiger charge is 2.39. The maximum absolute atomic E-state index is 13.8. The number of halogens is 2. The fraction of sp³-hybridized carbons (Fsp3) is 0.538. The first-order valence-electron chi connectivity index (χ1n) is 16.6. The first-order chi connectivity index (χ1) is 21.1. The van der Waals surface area contributed by atoms with Crippen LogP contribution in [0, 0.1) is 34.3 Å². The summed E-state index contributed by atoms with van der Waals surface area (Å²) in [5.74, 6) is 0.189. The Kier molecular flexibility index (Phi) is 10.8. The molecule has 6 heteroatoms. The van der Waals surface area contributed by atoms with Gasteiger partial charge in [-0.3, -0.25) is 9.59 Å². The predicted molar refractivity (Wildman–Crippen MR) is 179 cm³/mol. The molecule has 0 bridgehead atoms. The van der Waals surface area contributed by atoms with E-state index in [2.05, 4.69) is 60.6 Å². The molecule has 3 atom stereocenters. The first-order valence-corrected chi connectivity index (χ1v) is 16.6. The van der Waals surface area contributed by atoms with Gasteiger partial charge in [-0.15, -0.1) is 0 Å². The van der Waals surface area contributed by atoms with Gasteiger partial charge >= 0.3 is 0 Å². The van der Waals surface area contributed by atoms with Crippen LogP contribution in [0.1, 0.15) is 97.6 Å². The van der Waals surface area contributed by atoms with Gasteiger partial charge in [0.15, 0.2) is 0 Å². The van der Waals surface area contributed by atoms with Crippen molar-refractivity contribution in [2.24, 2.45) is 22.7 Å². The topological polar surface area (TPSA) is 40.6 Å². The number of hydrogen-bond acceptors (Lipinski definition) is 2. The third kappa shape index (κ3) is 8.51. The number of unbranched alkanes of at least 4 members (excludes halogenated alkanes) is 1. The number of allylic oxidation sites excluding steroid dienone is 2. The monoisotopic (exact) mass is 618 g/mol. The number of nitrogens with zero attached hydrogens (tertiary/aromatic N) is 2. The summed E-state index contributed by atoms with van der Waals surface area (Å²) in [6, 6.07) is 12.9. The van der Waals surface area contributed by atoms with Gasteiger partial charge in [-0.05, 0) is 83.4 Å². The van der Waals surface area contributed by atoms with Crippen LogP contribution in [0.3, 0.4) is 0 Å². The summed E-state index contributed by atoms with van der Waals surface area (Å²) in [7, 11) is 1.88. The number of likely N-dealkylation sites (N-methyl/N-ethyl adjacent to an activating group) is 1. The fourth-order valence-electron chi connectivity index (χ4n) is 7.26. The van der Waals surface area contributed by atoms with E-state index >= 15 is 0 Å². The van der Waals surface area contributed by atoms with Crippen LogP contribution in [0.2, 0.25) is 0 Å². The molecule has 1 heterocycles. The smallest absolute Gasteiger partial charge is 0.253 e. The maximum Gasteiger partial charge on any atom is 0.253 e. The third-order valence-electron chi connectivity index (χ3n) is 9.87. The van der Waals surface area contributed by atoms with E-state index in [0.717, 1.165) is 42.4 Å². The maximum atomic E-state index is 13.8. The summed E-state index contributed by atoms with van der Waals surface area (Å²) in [6.07, 6.45) is 7.83. The van der Waals surface area contributed by atoms with Gasteiger partial charge in [0.05, 0.1) is 6.04 Å². The van der Waals surface area contributed by atoms with Gasteiger partial charge in [-0.25, -0.2) is 8.78 Å². The second-order valence-electron chi connectivity index (χ2n) is 15.3. The van der Waals surface area contributed by atoms with Crippen LogP contribution in [0.15, 0.2) is 71.8 Å². The lowest BCUT2D eigenvalue weighted by Crippen LogP contribution is -2.42. The Balaban J connectivity index is 1.34. The third-order valence-corrected chi connectivity index (χ3v) is 9.87. The fourth-order valence-corrected chi connectivity index (χ4v) is 7.26. The van der Waals surface area contributed by atoms with Gasteiger partial charge in [0.1, 0.15) is 11.6 Å². The van der Waals surface area contributed by atoms with E-state index < -0.39 is 0 Å². The molecule has 4 rings (SSSR count). The van der Waals surface area contributed by atoms with Crippen LogP contribution in [0.5, 0.6) is 0 Å². The molecule has 2 aliphatic rings. The van der Waals surface area contributed by atoms with Gasteiger partial charge in [0, 0.05) is 38.0 Å². The molecule has 1 fully saturated rings. The summed E-state index contributed by atoms with van der Waals surface area (Å²) in [5.41, 5.74) is 4.03. The Morgan fingerprint density at radius 3 is 1.98 bits per heavy atom. The molecule has 0 saturated carbocycles. The zero-order valence-electron chi connectivity index (χ0n) is 28.5. The molecule has 45 heavy (non-hydrogen) atoms. The minimum atomic E-state index is -0.288. The number of likely N-dealkylation sites (tertiary alicyclic amines) is 1. The van der Waals surface area contributed by atoms with E-state index in [1.807, 2.05) is 16.8 Å². The zero-order valence-corrected chi connectivity index (χ0v) is 28.5. The van der Waals surface area contributed by atoms with Crippen molar-refractivity contribution in [3.63, 3.8) is 0 Å². The Bertz CT molecular complexity index is 1350. The largest absolute Gasteiger partial charge is 0.341 e. The van der Waals surface area contributed by atoms with Crippen molar-refractivity contribution >= 4 is 11.8 Å². The van der Waals surface area contributed by atoms with Gasteiger partial charge in [-0.2, -0.15) is 0 Å². The highest BCUT2D eigenvalue weighted by molar-refractivity contribution is 5.97. The average Bonchev–Trinajstić information content (AvgIpc) is 3.47. The molecule has 244 valence electrons. The quantitative estimate of drug-likeness (QED) is 0.263. The van der Waals surface area contributed by atoms with Crippen LogP contribution < -0.4 is 0 Å². The molecule has 3 unspecified atom stereocenters. The van der Waals surface area contributed by atoms with Crippen LogP contribution in [-0.4, -0.2) is 47.8 Å². The minimum Gasteiger partial charge on any atom is -0.341 e. The molecule has 0 N–H and O–H groups in total. The molecule has 0 radical (unpaired) electrons. The standard InChI is InChI=1S/C39H52F2N2O2/c1-26-34(38(2,3)4)23-29(24-35(26)39(5,6)7)37(45)42(8)32-21-22-43(25-32)36(44)12-10-9-11-33(27-13-17-30(40)18-14-27)28-15-19-31(41)20-16-28/h13-20,23-24,26,32-34H,9-12,21-22,25H2,1-8H3. The van der Waals surface area contributed by atoms with Crippen LogP contribution in [0.25, 0.3) is 0 Å². The lowest BCUT2D eigenvalue weighted by Gasteiger charge is -2.42. The Morgan fingerprint density at radius 2 is 1.47 bits per heavy atom. The van der Waals surface area contributed by atoms with Crippen LogP contribution in [0.4, 0.5) is 8.78 Å². The van der Waals surface area contributed by atoms with Gasteiger partial charge < -0.3 is 9.80 Å². The predicted octanol–water partition coefficient (Wildman–Crippen LogP) is 8.93. The Morgan fingerprint density at radius 1 is 0.911 bits per heavy atom. The van der Waals surface area contributed by atoms with Crippen molar-refractivity contribution in [2.45, 2.75) is 92.5 Å². The van der Waals surface area contributed by atoms with Crippen molar-refractivity contribution in [1.29, 1.82) is 0 Å². The lowest BCUT2D eigenvalue weighted by molar-refractivity contribution is -0.132. The minimum absolute atomic E-state index is 0.0000552. The number of carbonyl (C=O) groups is 2. The molecular weight excluding hydrogens is 566 g/mol. The zero-order chi connectivity index (χ0) is 33.1. The van der Waals surface area contributed by atoms with Crippen LogP contribution >= 0.6 is 0 Å². The number of benzene rings is 2. The van der Waals surface area contributed by atoms with Gasteiger partial charge in [0.25, 0.3) is 5.91 Å². The van der Waals surface area contributed by atoms with Gasteiger partial charge in [0.2, 0.25) is 5.91 Å². The first kappa shape index (κ1) is 34.6. The van der Waals surface area contributed by atoms with E-state index in [1.165, 1.54) is 29.8 Å². The number of rotatable bonds is 9. The molecular formula is C39H52F2N2O2. The summed E-state index contributed by atoms with van der Waals surface area (Å²) in [4.78, 5) is 30.8. The van der Waals surface area contributed by atoms with Crippen LogP contribution in [-0.2, 0) is 9.59 Å². The normalized spacial score (nSPS) is 20.7. The second-order valence-corrected chi connectivity index (χ2v) is 15.3. The summed E-state index contributed by atoms with van der Waals surface area (Å²) >= 11 is 0. The number of hydrogen-bond donors (Lipinski definition) is 0. The van der Waals surface area contributed by atoms with E-state index in [4.69, 9.17) is 0 Å². The SMILES string of the molecule is CC1C(C(C)(C)C)=CC(C(=O)N(C)C2CCN(C(=O)CCCCC(c3ccc(F)cc3)c3ccc(F)cc3)C2)=CC1C(C)(C)C. The summed E-state index contributed by atoms with van der Waals surface area (Å²) in [5, 5.41) is 0. The summed E-state index contributed by atoms with van der Waals surface area (Å²) < 4.78 is 27.2. The molecule has 1 saturated heterocycles. The molecule has 2 amide bonds. The molecule has 0 aromatic heterocycles. The lowest BCUT2D eigenvalue weighted by atomic mass is 9.63.